The van der Waals surface area contributed by atoms with Crippen LogP contribution in [-0.4, -0.2) is 17.6 Å². The Morgan fingerprint density at radius 3 is 2.61 bits per heavy atom. The third-order valence-electron chi connectivity index (χ3n) is 2.24. The van der Waals surface area contributed by atoms with E-state index in [1.54, 1.807) is 24.3 Å². The lowest BCUT2D eigenvalue weighted by Crippen LogP contribution is -2.47. The molecule has 0 unspecified atom stereocenters. The molecule has 0 fully saturated rings. The fraction of sp³-hybridized carbons (Fsp3) is 0.500. The van der Waals surface area contributed by atoms with Gasteiger partial charge in [0, 0.05) is 10.6 Å². The van der Waals surface area contributed by atoms with Crippen LogP contribution < -0.4 is 10.1 Å². The van der Waals surface area contributed by atoms with Crippen LogP contribution in [0.2, 0.25) is 5.02 Å². The molecule has 0 bridgehead atoms. The zero-order chi connectivity index (χ0) is 13.8. The first-order chi connectivity index (χ1) is 8.31. The van der Waals surface area contributed by atoms with Crippen LogP contribution in [-0.2, 0) is 4.79 Å². The lowest BCUT2D eigenvalue weighted by Gasteiger charge is -2.24. The standard InChI is InChI=1S/C14H20ClNO2/c1-5-12(13(17)16-14(2,3)4)18-11-8-6-7-10(15)9-11/h6-9,12H,5H2,1-4H3,(H,16,17)/t12-/m0/s1. The second kappa shape index (κ2) is 6.10. The van der Waals surface area contributed by atoms with Gasteiger partial charge in [-0.25, -0.2) is 0 Å². The number of amides is 1. The molecule has 1 rings (SSSR count). The molecular weight excluding hydrogens is 250 g/mol. The molecule has 0 aliphatic rings. The van der Waals surface area contributed by atoms with Gasteiger partial charge < -0.3 is 10.1 Å². The number of nitrogens with one attached hydrogen (secondary N) is 1. The van der Waals surface area contributed by atoms with Gasteiger partial charge in [0.15, 0.2) is 6.10 Å². The summed E-state index contributed by atoms with van der Waals surface area (Å²) in [6.07, 6.45) is 0.108. The van der Waals surface area contributed by atoms with Crippen LogP contribution in [0.3, 0.4) is 0 Å². The van der Waals surface area contributed by atoms with Gasteiger partial charge in [0.05, 0.1) is 0 Å². The smallest absolute Gasteiger partial charge is 0.261 e. The van der Waals surface area contributed by atoms with E-state index < -0.39 is 6.10 Å². The highest BCUT2D eigenvalue weighted by molar-refractivity contribution is 6.30. The van der Waals surface area contributed by atoms with E-state index in [1.807, 2.05) is 27.7 Å². The van der Waals surface area contributed by atoms with Crippen molar-refractivity contribution in [1.29, 1.82) is 0 Å². The second-order valence-corrected chi connectivity index (χ2v) is 5.65. The number of carbonyl (C=O) groups excluding carboxylic acids is 1. The van der Waals surface area contributed by atoms with Gasteiger partial charge in [-0.3, -0.25) is 4.79 Å². The van der Waals surface area contributed by atoms with Crippen molar-refractivity contribution in [2.24, 2.45) is 0 Å². The maximum absolute atomic E-state index is 12.0. The summed E-state index contributed by atoms with van der Waals surface area (Å²) in [5.41, 5.74) is -0.262. The van der Waals surface area contributed by atoms with Gasteiger partial charge in [-0.2, -0.15) is 0 Å². The fourth-order valence-corrected chi connectivity index (χ4v) is 1.66. The fourth-order valence-electron chi connectivity index (χ4n) is 1.48. The molecule has 1 aromatic carbocycles. The summed E-state index contributed by atoms with van der Waals surface area (Å²) < 4.78 is 5.66. The molecule has 0 aliphatic carbocycles. The monoisotopic (exact) mass is 269 g/mol. The predicted octanol–water partition coefficient (Wildman–Crippen LogP) is 3.41. The van der Waals surface area contributed by atoms with Crippen LogP contribution in [0.25, 0.3) is 0 Å². The van der Waals surface area contributed by atoms with Gasteiger partial charge in [-0.15, -0.1) is 0 Å². The van der Waals surface area contributed by atoms with E-state index in [0.717, 1.165) is 0 Å². The molecule has 1 N–H and O–H groups in total. The first-order valence-corrected chi connectivity index (χ1v) is 6.44. The maximum atomic E-state index is 12.0. The van der Waals surface area contributed by atoms with Crippen molar-refractivity contribution in [2.75, 3.05) is 0 Å². The number of rotatable bonds is 4. The van der Waals surface area contributed by atoms with E-state index in [9.17, 15) is 4.79 Å². The first-order valence-electron chi connectivity index (χ1n) is 6.06. The topological polar surface area (TPSA) is 38.3 Å². The molecule has 0 saturated heterocycles. The van der Waals surface area contributed by atoms with Gasteiger partial charge in [0.25, 0.3) is 5.91 Å². The zero-order valence-electron chi connectivity index (χ0n) is 11.3. The second-order valence-electron chi connectivity index (χ2n) is 5.21. The molecule has 0 spiro atoms. The summed E-state index contributed by atoms with van der Waals surface area (Å²) in [6, 6.07) is 7.06. The average molecular weight is 270 g/mol. The summed E-state index contributed by atoms with van der Waals surface area (Å²) in [6.45, 7) is 7.74. The van der Waals surface area contributed by atoms with Gasteiger partial charge >= 0.3 is 0 Å². The summed E-state index contributed by atoms with van der Waals surface area (Å²) >= 11 is 5.88. The van der Waals surface area contributed by atoms with E-state index in [1.165, 1.54) is 0 Å². The van der Waals surface area contributed by atoms with E-state index in [2.05, 4.69) is 5.32 Å². The Hall–Kier alpha value is -1.22. The molecule has 1 amide bonds. The van der Waals surface area contributed by atoms with Gasteiger partial charge in [0.2, 0.25) is 0 Å². The number of hydrogen-bond acceptors (Lipinski definition) is 2. The minimum atomic E-state index is -0.498. The molecule has 0 heterocycles. The highest BCUT2D eigenvalue weighted by Gasteiger charge is 2.22. The average Bonchev–Trinajstić information content (AvgIpc) is 2.23. The van der Waals surface area contributed by atoms with Crippen LogP contribution in [0, 0.1) is 0 Å². The molecule has 1 aromatic rings. The molecule has 0 aliphatic heterocycles. The third kappa shape index (κ3) is 4.96. The van der Waals surface area contributed by atoms with Gasteiger partial charge in [0.1, 0.15) is 5.75 Å². The van der Waals surface area contributed by atoms with E-state index >= 15 is 0 Å². The van der Waals surface area contributed by atoms with Crippen molar-refractivity contribution in [3.05, 3.63) is 29.3 Å². The number of hydrogen-bond donors (Lipinski definition) is 1. The molecule has 0 radical (unpaired) electrons. The maximum Gasteiger partial charge on any atom is 0.261 e. The van der Waals surface area contributed by atoms with E-state index in [4.69, 9.17) is 16.3 Å². The van der Waals surface area contributed by atoms with Crippen LogP contribution in [0.5, 0.6) is 5.75 Å². The summed E-state index contributed by atoms with van der Waals surface area (Å²) in [5.74, 6) is 0.503. The minimum Gasteiger partial charge on any atom is -0.481 e. The first kappa shape index (κ1) is 14.8. The van der Waals surface area contributed by atoms with Crippen LogP contribution in [0.15, 0.2) is 24.3 Å². The number of ether oxygens (including phenoxy) is 1. The Morgan fingerprint density at radius 2 is 2.11 bits per heavy atom. The quantitative estimate of drug-likeness (QED) is 0.910. The molecule has 1 atom stereocenters. The Morgan fingerprint density at radius 1 is 1.44 bits per heavy atom. The van der Waals surface area contributed by atoms with Crippen LogP contribution >= 0.6 is 11.6 Å². The Balaban J connectivity index is 2.70. The Bertz CT molecular complexity index is 413. The molecule has 4 heteroatoms. The SMILES string of the molecule is CC[C@H](Oc1cccc(Cl)c1)C(=O)NC(C)(C)C. The minimum absolute atomic E-state index is 0.107. The highest BCUT2D eigenvalue weighted by Crippen LogP contribution is 2.19. The number of benzene rings is 1. The largest absolute Gasteiger partial charge is 0.481 e. The zero-order valence-corrected chi connectivity index (χ0v) is 12.0. The van der Waals surface area contributed by atoms with Crippen LogP contribution in [0.4, 0.5) is 0 Å². The third-order valence-corrected chi connectivity index (χ3v) is 2.47. The van der Waals surface area contributed by atoms with E-state index in [0.29, 0.717) is 17.2 Å². The van der Waals surface area contributed by atoms with Crippen molar-refractivity contribution in [3.8, 4) is 5.75 Å². The van der Waals surface area contributed by atoms with Crippen LogP contribution in [0.1, 0.15) is 34.1 Å². The van der Waals surface area contributed by atoms with E-state index in [-0.39, 0.29) is 11.4 Å². The van der Waals surface area contributed by atoms with Crippen molar-refractivity contribution in [2.45, 2.75) is 45.8 Å². The molecule has 3 nitrogen and oxygen atoms in total. The van der Waals surface area contributed by atoms with Crippen molar-refractivity contribution in [1.82, 2.24) is 5.32 Å². The summed E-state index contributed by atoms with van der Waals surface area (Å²) in [4.78, 5) is 12.0. The Labute approximate surface area is 113 Å². The predicted molar refractivity (Wildman–Crippen MR) is 74.1 cm³/mol. The van der Waals surface area contributed by atoms with Crippen molar-refractivity contribution in [3.63, 3.8) is 0 Å². The normalized spacial score (nSPS) is 12.9. The van der Waals surface area contributed by atoms with Gasteiger partial charge in [-0.1, -0.05) is 24.6 Å². The summed E-state index contributed by atoms with van der Waals surface area (Å²) in [5, 5.41) is 3.50. The van der Waals surface area contributed by atoms with Crippen molar-refractivity contribution >= 4 is 17.5 Å². The number of halogens is 1. The lowest BCUT2D eigenvalue weighted by molar-refractivity contribution is -0.129. The number of carbonyl (C=O) groups is 1. The highest BCUT2D eigenvalue weighted by atomic mass is 35.5. The molecular formula is C14H20ClNO2. The molecule has 0 saturated carbocycles. The van der Waals surface area contributed by atoms with Gasteiger partial charge in [-0.05, 0) is 45.4 Å². The summed E-state index contributed by atoms with van der Waals surface area (Å²) in [7, 11) is 0. The molecule has 0 aromatic heterocycles. The Kier molecular flexibility index (Phi) is 5.03. The molecule has 100 valence electrons. The lowest BCUT2D eigenvalue weighted by atomic mass is 10.1. The van der Waals surface area contributed by atoms with Crippen molar-refractivity contribution < 1.29 is 9.53 Å². The molecule has 18 heavy (non-hydrogen) atoms.